The molecule has 1 heteroatoms. The van der Waals surface area contributed by atoms with E-state index in [9.17, 15) is 0 Å². The quantitative estimate of drug-likeness (QED) is 0.579. The molecule has 1 unspecified atom stereocenters. The van der Waals surface area contributed by atoms with Crippen LogP contribution in [0.1, 0.15) is 46.0 Å². The molecule has 0 aromatic carbocycles. The van der Waals surface area contributed by atoms with Crippen molar-refractivity contribution in [1.82, 2.24) is 0 Å². The Morgan fingerprint density at radius 1 is 1.20 bits per heavy atom. The zero-order valence-electron chi connectivity index (χ0n) is 13.3. The van der Waals surface area contributed by atoms with E-state index in [1.807, 2.05) is 5.17 Å². The van der Waals surface area contributed by atoms with E-state index in [0.717, 1.165) is 6.42 Å². The van der Waals surface area contributed by atoms with Crippen molar-refractivity contribution < 1.29 is 0 Å². The molecule has 0 saturated heterocycles. The summed E-state index contributed by atoms with van der Waals surface area (Å²) in [6.45, 7) is 9.79. The number of allylic oxidation sites excluding steroid dienone is 8. The molecule has 106 valence electrons. The van der Waals surface area contributed by atoms with Crippen LogP contribution in [0.4, 0.5) is 0 Å². The van der Waals surface area contributed by atoms with Crippen LogP contribution in [0.2, 0.25) is 13.1 Å². The molecule has 0 bridgehead atoms. The average Bonchev–Trinajstić information content (AvgIpc) is 2.97. The van der Waals surface area contributed by atoms with Crippen LogP contribution in [0.5, 0.6) is 0 Å². The summed E-state index contributed by atoms with van der Waals surface area (Å²) in [4.78, 5) is 0. The lowest BCUT2D eigenvalue weighted by molar-refractivity contribution is 0.842. The van der Waals surface area contributed by atoms with Gasteiger partial charge in [-0.25, -0.2) is 0 Å². The third kappa shape index (κ3) is 2.26. The zero-order valence-corrected chi connectivity index (χ0v) is 14.3. The van der Waals surface area contributed by atoms with Crippen molar-refractivity contribution in [2.24, 2.45) is 5.92 Å². The zero-order chi connectivity index (χ0) is 14.3. The van der Waals surface area contributed by atoms with E-state index >= 15 is 0 Å². The van der Waals surface area contributed by atoms with Crippen LogP contribution < -0.4 is 0 Å². The Morgan fingerprint density at radius 3 is 2.65 bits per heavy atom. The molecule has 0 nitrogen and oxygen atoms in total. The minimum absolute atomic E-state index is 0.283. The average molecular weight is 283 g/mol. The van der Waals surface area contributed by atoms with Crippen LogP contribution in [0, 0.1) is 5.92 Å². The van der Waals surface area contributed by atoms with Gasteiger partial charge in [-0.2, -0.15) is 0 Å². The third-order valence-corrected chi connectivity index (χ3v) is 7.14. The van der Waals surface area contributed by atoms with E-state index in [0.29, 0.717) is 5.92 Å². The summed E-state index contributed by atoms with van der Waals surface area (Å²) in [6.07, 6.45) is 13.3. The first kappa shape index (κ1) is 14.0. The predicted molar refractivity (Wildman–Crippen MR) is 91.7 cm³/mol. The lowest BCUT2D eigenvalue weighted by atomic mass is 9.86. The standard InChI is InChI=1S/C19H26Si/c1-13-12-16-10-7-11-17(20(3)4)14(2)19(16)18(13)15-8-5-6-9-15/h5-6,8,14H,7,9-12H2,1-4H3. The van der Waals surface area contributed by atoms with E-state index in [-0.39, 0.29) is 8.41 Å². The fourth-order valence-corrected chi connectivity index (χ4v) is 5.99. The van der Waals surface area contributed by atoms with Crippen LogP contribution in [-0.4, -0.2) is 13.6 Å². The summed E-state index contributed by atoms with van der Waals surface area (Å²) in [5.74, 6) is 0.699. The predicted octanol–water partition coefficient (Wildman–Crippen LogP) is 5.22. The van der Waals surface area contributed by atoms with Crippen LogP contribution in [0.3, 0.4) is 0 Å². The van der Waals surface area contributed by atoms with Crippen LogP contribution in [0.25, 0.3) is 0 Å². The first-order chi connectivity index (χ1) is 9.59. The van der Waals surface area contributed by atoms with Gasteiger partial charge in [-0.15, -0.1) is 0 Å². The molecule has 0 aliphatic heterocycles. The Labute approximate surface area is 125 Å². The van der Waals surface area contributed by atoms with Crippen LogP contribution in [-0.2, 0) is 0 Å². The molecule has 0 N–H and O–H groups in total. The molecule has 0 amide bonds. The van der Waals surface area contributed by atoms with Gasteiger partial charge in [-0.3, -0.25) is 0 Å². The second-order valence-electron chi connectivity index (χ2n) is 6.77. The van der Waals surface area contributed by atoms with Crippen LogP contribution >= 0.6 is 0 Å². The Balaban J connectivity index is 2.06. The van der Waals surface area contributed by atoms with Gasteiger partial charge < -0.3 is 0 Å². The van der Waals surface area contributed by atoms with Gasteiger partial charge in [0.1, 0.15) is 0 Å². The lowest BCUT2D eigenvalue weighted by Gasteiger charge is -2.22. The second kappa shape index (κ2) is 5.44. The number of hydrogen-bond donors (Lipinski definition) is 0. The van der Waals surface area contributed by atoms with Crippen molar-refractivity contribution in [3.8, 4) is 0 Å². The highest BCUT2D eigenvalue weighted by atomic mass is 28.2. The molecule has 1 atom stereocenters. The fourth-order valence-electron chi connectivity index (χ4n) is 4.30. The molecular formula is C19H26Si. The largest absolute Gasteiger partial charge is 0.0828 e. The maximum Gasteiger partial charge on any atom is 0.00301 e. The van der Waals surface area contributed by atoms with Gasteiger partial charge in [0.2, 0.25) is 0 Å². The van der Waals surface area contributed by atoms with Crippen molar-refractivity contribution in [3.63, 3.8) is 0 Å². The summed E-state index contributed by atoms with van der Waals surface area (Å²) in [6, 6.07) is 0. The second-order valence-corrected chi connectivity index (χ2v) is 9.42. The summed E-state index contributed by atoms with van der Waals surface area (Å²) < 4.78 is 0. The molecule has 3 aliphatic rings. The molecule has 20 heavy (non-hydrogen) atoms. The fraction of sp³-hybridized carbons (Fsp3) is 0.526. The number of rotatable bonds is 1. The van der Waals surface area contributed by atoms with Gasteiger partial charge in [0, 0.05) is 8.41 Å². The molecule has 0 aromatic rings. The third-order valence-electron chi connectivity index (χ3n) is 5.17. The molecule has 3 aliphatic carbocycles. The Kier molecular flexibility index (Phi) is 3.81. The number of hydrogen-bond acceptors (Lipinski definition) is 0. The van der Waals surface area contributed by atoms with Gasteiger partial charge in [0.15, 0.2) is 0 Å². The van der Waals surface area contributed by atoms with Crippen molar-refractivity contribution in [1.29, 1.82) is 0 Å². The Hall–Kier alpha value is -0.953. The van der Waals surface area contributed by atoms with Crippen molar-refractivity contribution in [2.45, 2.75) is 59.0 Å². The molecule has 0 fully saturated rings. The highest BCUT2D eigenvalue weighted by molar-refractivity contribution is 6.69. The van der Waals surface area contributed by atoms with E-state index < -0.39 is 0 Å². The molecule has 0 radical (unpaired) electrons. The minimum atomic E-state index is -0.283. The maximum absolute atomic E-state index is 2.48. The van der Waals surface area contributed by atoms with Gasteiger partial charge in [0.25, 0.3) is 0 Å². The summed E-state index contributed by atoms with van der Waals surface area (Å²) in [5.41, 5.74) is 8.33. The topological polar surface area (TPSA) is 0 Å². The highest BCUT2D eigenvalue weighted by Gasteiger charge is 2.31. The lowest BCUT2D eigenvalue weighted by Crippen LogP contribution is -2.20. The molecule has 0 aromatic heterocycles. The van der Waals surface area contributed by atoms with Crippen molar-refractivity contribution in [2.75, 3.05) is 0 Å². The van der Waals surface area contributed by atoms with Gasteiger partial charge in [-0.05, 0) is 61.7 Å². The van der Waals surface area contributed by atoms with Gasteiger partial charge in [-0.1, -0.05) is 54.6 Å². The van der Waals surface area contributed by atoms with Gasteiger partial charge in [0.05, 0.1) is 0 Å². The SMILES string of the molecule is CC1=C(C2=CC=CC2)C2=C(CCCC(=[Si](C)C)C2C)C1. The first-order valence-electron chi connectivity index (χ1n) is 8.04. The van der Waals surface area contributed by atoms with Crippen molar-refractivity contribution >= 4 is 13.6 Å². The molecule has 0 heterocycles. The van der Waals surface area contributed by atoms with E-state index in [4.69, 9.17) is 0 Å². The van der Waals surface area contributed by atoms with Gasteiger partial charge >= 0.3 is 0 Å². The molecular weight excluding hydrogens is 256 g/mol. The maximum atomic E-state index is 2.48. The Bertz CT molecular complexity index is 589. The summed E-state index contributed by atoms with van der Waals surface area (Å²) in [7, 11) is -0.283. The summed E-state index contributed by atoms with van der Waals surface area (Å²) in [5, 5.41) is 1.87. The molecule has 0 saturated carbocycles. The first-order valence-corrected chi connectivity index (χ1v) is 10.5. The van der Waals surface area contributed by atoms with E-state index in [1.165, 1.54) is 25.7 Å². The molecule has 3 rings (SSSR count). The monoisotopic (exact) mass is 282 g/mol. The normalized spacial score (nSPS) is 26.1. The van der Waals surface area contributed by atoms with Crippen LogP contribution in [0.15, 0.2) is 46.1 Å². The van der Waals surface area contributed by atoms with E-state index in [2.05, 4.69) is 45.2 Å². The Morgan fingerprint density at radius 2 is 2.00 bits per heavy atom. The molecule has 0 spiro atoms. The smallest absolute Gasteiger partial charge is 0.00301 e. The van der Waals surface area contributed by atoms with Crippen molar-refractivity contribution in [3.05, 3.63) is 46.1 Å². The minimum Gasteiger partial charge on any atom is -0.0828 e. The van der Waals surface area contributed by atoms with E-state index in [1.54, 1.807) is 27.9 Å². The highest BCUT2D eigenvalue weighted by Crippen LogP contribution is 2.45. The summed E-state index contributed by atoms with van der Waals surface area (Å²) >= 11 is 0.